The fourth-order valence-electron chi connectivity index (χ4n) is 1.04. The van der Waals surface area contributed by atoms with Gasteiger partial charge in [0, 0.05) is 6.54 Å². The fourth-order valence-corrected chi connectivity index (χ4v) is 1.04. The molecule has 6 heteroatoms. The first-order valence-corrected chi connectivity index (χ1v) is 5.35. The minimum atomic E-state index is -1.79. The van der Waals surface area contributed by atoms with Crippen LogP contribution in [0.1, 0.15) is 26.5 Å². The van der Waals surface area contributed by atoms with E-state index in [1.165, 1.54) is 0 Å². The van der Waals surface area contributed by atoms with Crippen LogP contribution in [-0.4, -0.2) is 36.9 Å². The zero-order valence-electron chi connectivity index (χ0n) is 10.4. The maximum absolute atomic E-state index is 9.64. The third-order valence-corrected chi connectivity index (χ3v) is 1.89. The molecule has 0 atom stereocenters. The van der Waals surface area contributed by atoms with Crippen LogP contribution >= 0.6 is 0 Å². The lowest BCUT2D eigenvalue weighted by molar-refractivity contribution is -0.142. The van der Waals surface area contributed by atoms with E-state index >= 15 is 0 Å². The highest BCUT2D eigenvalue weighted by Crippen LogP contribution is 2.03. The van der Waals surface area contributed by atoms with Gasteiger partial charge in [0.15, 0.2) is 5.78 Å². The summed E-state index contributed by atoms with van der Waals surface area (Å²) in [4.78, 5) is 13.6. The van der Waals surface area contributed by atoms with Gasteiger partial charge in [0.05, 0.1) is 24.8 Å². The van der Waals surface area contributed by atoms with E-state index in [1.54, 1.807) is 12.5 Å². The Morgan fingerprint density at radius 2 is 2.00 bits per heavy atom. The smallest absolute Gasteiger partial charge is 0.212 e. The Bertz CT molecular complexity index is 334. The molecular formula is C11H20N2O4. The molecule has 0 spiro atoms. The lowest BCUT2D eigenvalue weighted by Crippen LogP contribution is -2.14. The lowest BCUT2D eigenvalue weighted by Gasteiger charge is -2.07. The van der Waals surface area contributed by atoms with E-state index in [2.05, 4.69) is 18.8 Å². The number of aromatic nitrogens is 2. The largest absolute Gasteiger partial charge is 0.390 e. The van der Waals surface area contributed by atoms with Gasteiger partial charge >= 0.3 is 0 Å². The minimum absolute atomic E-state index is 0.0761. The molecule has 0 unspecified atom stereocenters. The zero-order valence-corrected chi connectivity index (χ0v) is 10.4. The number of ketones is 1. The summed E-state index contributed by atoms with van der Waals surface area (Å²) in [5.74, 6) is -0.0375. The quantitative estimate of drug-likeness (QED) is 0.644. The Kier molecular flexibility index (Phi) is 7.36. The van der Waals surface area contributed by atoms with Crippen molar-refractivity contribution >= 4 is 5.78 Å². The Hall–Kier alpha value is -1.24. The van der Waals surface area contributed by atoms with Crippen molar-refractivity contribution in [3.63, 3.8) is 0 Å². The summed E-state index contributed by atoms with van der Waals surface area (Å²) in [6.07, 6.45) is 1.67. The molecule has 0 saturated carbocycles. The first-order valence-electron chi connectivity index (χ1n) is 5.35. The average molecular weight is 244 g/mol. The number of rotatable bonds is 4. The van der Waals surface area contributed by atoms with Gasteiger partial charge in [-0.1, -0.05) is 13.8 Å². The van der Waals surface area contributed by atoms with Crippen LogP contribution in [0.5, 0.6) is 0 Å². The molecule has 0 fully saturated rings. The molecule has 1 aromatic rings. The van der Waals surface area contributed by atoms with E-state index in [9.17, 15) is 4.79 Å². The lowest BCUT2D eigenvalue weighted by atomic mass is 10.2. The summed E-state index contributed by atoms with van der Waals surface area (Å²) >= 11 is 0. The molecule has 17 heavy (non-hydrogen) atoms. The maximum atomic E-state index is 9.64. The highest BCUT2D eigenvalue weighted by molar-refractivity contribution is 5.78. The van der Waals surface area contributed by atoms with E-state index in [-0.39, 0.29) is 6.61 Å². The van der Waals surface area contributed by atoms with Crippen molar-refractivity contribution in [2.45, 2.75) is 40.2 Å². The van der Waals surface area contributed by atoms with Gasteiger partial charge < -0.3 is 19.9 Å². The van der Waals surface area contributed by atoms with E-state index < -0.39 is 12.1 Å². The summed E-state index contributed by atoms with van der Waals surface area (Å²) in [5.41, 5.74) is 0.888. The van der Waals surface area contributed by atoms with Gasteiger partial charge in [-0.15, -0.1) is 0 Å². The molecule has 98 valence electrons. The number of hydrogen-bond donors (Lipinski definition) is 3. The van der Waals surface area contributed by atoms with Crippen LogP contribution in [0, 0.1) is 5.92 Å². The number of carbonyl (C=O) groups is 1. The number of aliphatic hydroxyl groups excluding tert-OH is 2. The molecule has 0 aliphatic carbocycles. The maximum Gasteiger partial charge on any atom is 0.212 e. The molecule has 0 radical (unpaired) electrons. The van der Waals surface area contributed by atoms with Gasteiger partial charge in [0.2, 0.25) is 6.29 Å². The third-order valence-electron chi connectivity index (χ3n) is 1.89. The van der Waals surface area contributed by atoms with Crippen molar-refractivity contribution in [2.24, 2.45) is 5.92 Å². The van der Waals surface area contributed by atoms with Gasteiger partial charge in [0.1, 0.15) is 0 Å². The fraction of sp³-hybridized carbons (Fsp3) is 0.636. The molecule has 0 aromatic carbocycles. The first kappa shape index (κ1) is 15.8. The van der Waals surface area contributed by atoms with Crippen LogP contribution in [-0.2, 0) is 17.9 Å². The second-order valence-corrected chi connectivity index (χ2v) is 4.07. The summed E-state index contributed by atoms with van der Waals surface area (Å²) in [5, 5.41) is 24.5. The Balaban J connectivity index is 0.000000366. The summed E-state index contributed by atoms with van der Waals surface area (Å²) in [6, 6.07) is 0. The number of Topliss-reactive ketones (excluding diaryl/α,β-unsaturated/α-hetero) is 1. The van der Waals surface area contributed by atoms with Crippen molar-refractivity contribution in [1.82, 2.24) is 9.55 Å². The molecular weight excluding hydrogens is 224 g/mol. The van der Waals surface area contributed by atoms with E-state index in [1.807, 2.05) is 4.57 Å². The molecule has 6 nitrogen and oxygen atoms in total. The van der Waals surface area contributed by atoms with Gasteiger partial charge in [-0.2, -0.15) is 0 Å². The highest BCUT2D eigenvalue weighted by atomic mass is 16.5. The summed E-state index contributed by atoms with van der Waals surface area (Å²) in [6.45, 7) is 6.38. The van der Waals surface area contributed by atoms with Crippen LogP contribution in [0.3, 0.4) is 0 Å². The summed E-state index contributed by atoms with van der Waals surface area (Å²) < 4.78 is 1.98. The Labute approximate surface area is 101 Å². The van der Waals surface area contributed by atoms with Crippen molar-refractivity contribution < 1.29 is 20.1 Å². The third kappa shape index (κ3) is 6.83. The average Bonchev–Trinajstić information content (AvgIpc) is 2.64. The molecule has 0 saturated heterocycles. The Morgan fingerprint density at radius 1 is 1.47 bits per heavy atom. The predicted molar refractivity (Wildman–Crippen MR) is 61.9 cm³/mol. The second-order valence-electron chi connectivity index (χ2n) is 4.07. The van der Waals surface area contributed by atoms with E-state index in [0.29, 0.717) is 5.92 Å². The molecule has 0 aliphatic heterocycles. The normalized spacial score (nSPS) is 10.4. The number of carbonyl (C=O) groups excluding carboxylic acids is 1. The molecule has 0 bridgehead atoms. The van der Waals surface area contributed by atoms with Crippen LogP contribution in [0.25, 0.3) is 0 Å². The van der Waals surface area contributed by atoms with Crippen molar-refractivity contribution in [1.29, 1.82) is 0 Å². The van der Waals surface area contributed by atoms with Gasteiger partial charge in [-0.05, 0) is 12.8 Å². The monoisotopic (exact) mass is 244 g/mol. The van der Waals surface area contributed by atoms with E-state index in [0.717, 1.165) is 19.2 Å². The zero-order chi connectivity index (χ0) is 13.4. The van der Waals surface area contributed by atoms with Gasteiger partial charge in [-0.3, -0.25) is 4.79 Å². The molecule has 1 aromatic heterocycles. The summed E-state index contributed by atoms with van der Waals surface area (Å²) in [7, 11) is 0. The topological polar surface area (TPSA) is 95.6 Å². The standard InChI is InChI=1S/C8H14N2O.C3H6O3/c1-7(2)4-10-6-9-3-8(10)5-11;1-2(4)3(5)6/h3,6-7,11H,4-5H2,1-2H3;3,5-6H,1H3. The number of hydrogen-bond acceptors (Lipinski definition) is 5. The SMILES string of the molecule is CC(=O)C(O)O.CC(C)Cn1cncc1CO. The number of nitrogens with zero attached hydrogens (tertiary/aromatic N) is 2. The van der Waals surface area contributed by atoms with Crippen LogP contribution < -0.4 is 0 Å². The highest BCUT2D eigenvalue weighted by Gasteiger charge is 2.01. The van der Waals surface area contributed by atoms with E-state index in [4.69, 9.17) is 15.3 Å². The minimum Gasteiger partial charge on any atom is -0.390 e. The van der Waals surface area contributed by atoms with Crippen LogP contribution in [0.2, 0.25) is 0 Å². The molecule has 1 rings (SSSR count). The molecule has 0 aliphatic rings. The van der Waals surface area contributed by atoms with Gasteiger partial charge in [0.25, 0.3) is 0 Å². The van der Waals surface area contributed by atoms with Crippen LogP contribution in [0.4, 0.5) is 0 Å². The Morgan fingerprint density at radius 3 is 2.35 bits per heavy atom. The van der Waals surface area contributed by atoms with Crippen molar-refractivity contribution in [2.75, 3.05) is 0 Å². The second kappa shape index (κ2) is 7.94. The van der Waals surface area contributed by atoms with Gasteiger partial charge in [-0.25, -0.2) is 4.98 Å². The number of aliphatic hydroxyl groups is 3. The molecule has 0 amide bonds. The van der Waals surface area contributed by atoms with Crippen LogP contribution in [0.15, 0.2) is 12.5 Å². The van der Waals surface area contributed by atoms with Crippen molar-refractivity contribution in [3.8, 4) is 0 Å². The first-order chi connectivity index (χ1) is 7.88. The molecule has 1 heterocycles. The van der Waals surface area contributed by atoms with Crippen molar-refractivity contribution in [3.05, 3.63) is 18.2 Å². The predicted octanol–water partition coefficient (Wildman–Crippen LogP) is -0.0825. The molecule has 3 N–H and O–H groups in total. The number of imidazole rings is 1.